The van der Waals surface area contributed by atoms with Gasteiger partial charge in [0, 0.05) is 18.0 Å². The molecular weight excluding hydrogens is 441 g/mol. The molecule has 1 aromatic rings. The van der Waals surface area contributed by atoms with Gasteiger partial charge in [-0.3, -0.25) is 14.4 Å². The minimum absolute atomic E-state index is 0.0229. The van der Waals surface area contributed by atoms with Crippen molar-refractivity contribution in [1.29, 1.82) is 0 Å². The van der Waals surface area contributed by atoms with E-state index < -0.39 is 34.9 Å². The van der Waals surface area contributed by atoms with Gasteiger partial charge in [-0.05, 0) is 50.7 Å². The molecule has 32 heavy (non-hydrogen) atoms. The predicted octanol–water partition coefficient (Wildman–Crippen LogP) is 1.98. The van der Waals surface area contributed by atoms with Crippen molar-refractivity contribution in [3.8, 4) is 5.75 Å². The fourth-order valence-electron chi connectivity index (χ4n) is 4.99. The van der Waals surface area contributed by atoms with Crippen LogP contribution < -0.4 is 20.9 Å². The average molecular weight is 470 g/mol. The summed E-state index contributed by atoms with van der Waals surface area (Å²) in [4.78, 5) is 30.6. The zero-order valence-corrected chi connectivity index (χ0v) is 18.7. The second-order valence-electron chi connectivity index (χ2n) is 9.11. The van der Waals surface area contributed by atoms with Crippen LogP contribution in [0.4, 0.5) is 4.39 Å². The van der Waals surface area contributed by atoms with E-state index in [-0.39, 0.29) is 29.4 Å². The van der Waals surface area contributed by atoms with Crippen molar-refractivity contribution < 1.29 is 28.7 Å². The van der Waals surface area contributed by atoms with E-state index in [9.17, 15) is 19.1 Å². The molecule has 3 saturated carbocycles. The van der Waals surface area contributed by atoms with Crippen LogP contribution in [0, 0.1) is 5.82 Å². The summed E-state index contributed by atoms with van der Waals surface area (Å²) >= 11 is 5.65. The van der Waals surface area contributed by atoms with Gasteiger partial charge in [0.1, 0.15) is 17.6 Å². The molecule has 2 bridgehead atoms. The molecule has 2 unspecified atom stereocenters. The Hall–Kier alpha value is -1.94. The van der Waals surface area contributed by atoms with Crippen molar-refractivity contribution in [1.82, 2.24) is 16.1 Å². The summed E-state index contributed by atoms with van der Waals surface area (Å²) in [5.41, 5.74) is 1.57. The van der Waals surface area contributed by atoms with Crippen molar-refractivity contribution in [3.05, 3.63) is 29.0 Å². The van der Waals surface area contributed by atoms with E-state index >= 15 is 0 Å². The third kappa shape index (κ3) is 4.71. The van der Waals surface area contributed by atoms with E-state index in [1.807, 2.05) is 6.92 Å². The molecule has 0 aromatic heterocycles. The van der Waals surface area contributed by atoms with Crippen LogP contribution in [-0.4, -0.2) is 52.9 Å². The molecule has 0 spiro atoms. The molecule has 4 N–H and O–H groups in total. The molecule has 1 aliphatic heterocycles. The molecule has 1 aromatic carbocycles. The van der Waals surface area contributed by atoms with Gasteiger partial charge in [-0.15, -0.1) is 0 Å². The topological polar surface area (TPSA) is 109 Å². The first kappa shape index (κ1) is 23.2. The Bertz CT molecular complexity index is 877. The number of aliphatic hydroxyl groups excluding tert-OH is 1. The van der Waals surface area contributed by atoms with Gasteiger partial charge in [0.25, 0.3) is 5.91 Å². The largest absolute Gasteiger partial charge is 0.484 e. The Kier molecular flexibility index (Phi) is 6.63. The highest BCUT2D eigenvalue weighted by atomic mass is 35.5. The van der Waals surface area contributed by atoms with Crippen molar-refractivity contribution >= 4 is 23.4 Å². The molecular formula is C22H29ClFN3O5. The number of nitrogens with one attached hydrogen (secondary N) is 3. The molecule has 2 amide bonds. The van der Waals surface area contributed by atoms with E-state index in [0.29, 0.717) is 38.5 Å². The average Bonchev–Trinajstić information content (AvgIpc) is 3.25. The highest BCUT2D eigenvalue weighted by molar-refractivity contribution is 6.30. The number of ether oxygens (including phenoxy) is 1. The Morgan fingerprint density at radius 1 is 1.31 bits per heavy atom. The van der Waals surface area contributed by atoms with Gasteiger partial charge in [-0.2, -0.15) is 5.48 Å². The Labute approximate surface area is 191 Å². The van der Waals surface area contributed by atoms with Crippen LogP contribution in [0.3, 0.4) is 0 Å². The Morgan fingerprint density at radius 3 is 2.69 bits per heavy atom. The predicted molar refractivity (Wildman–Crippen MR) is 114 cm³/mol. The van der Waals surface area contributed by atoms with E-state index in [2.05, 4.69) is 16.1 Å². The maximum absolute atomic E-state index is 13.5. The quantitative estimate of drug-likeness (QED) is 0.486. The number of hydrogen-bond donors (Lipinski definition) is 4. The first-order valence-electron chi connectivity index (χ1n) is 11.0. The van der Waals surface area contributed by atoms with Gasteiger partial charge < -0.3 is 20.5 Å². The molecule has 1 saturated heterocycles. The van der Waals surface area contributed by atoms with Crippen LogP contribution in [-0.2, 0) is 14.4 Å². The van der Waals surface area contributed by atoms with Crippen LogP contribution >= 0.6 is 11.6 Å². The van der Waals surface area contributed by atoms with Gasteiger partial charge in [0.05, 0.1) is 22.8 Å². The van der Waals surface area contributed by atoms with E-state index in [1.165, 1.54) is 12.1 Å². The minimum Gasteiger partial charge on any atom is -0.484 e. The molecule has 176 valence electrons. The number of carbonyl (C=O) groups excluding carboxylic acids is 2. The molecule has 4 fully saturated rings. The molecule has 3 aliphatic carbocycles. The molecule has 1 heterocycles. The molecule has 4 aliphatic rings. The standard InChI is InChI=1S/C22H29ClFN3O5/c1-2-13-10-17(27-32-13)20(30)26-21-5-7-22(8-6-21,18(28)11-21)25-19(29)12-31-14-3-4-15(23)16(24)9-14/h3-4,9,13,17-18,27-28H,2,5-8,10-12H2,1H3,(H,25,29)(H,26,30)/t13?,17?,18-,21?,22?/m0/s1. The second-order valence-corrected chi connectivity index (χ2v) is 9.52. The van der Waals surface area contributed by atoms with Gasteiger partial charge in [-0.25, -0.2) is 4.39 Å². The number of benzene rings is 1. The minimum atomic E-state index is -0.793. The second kappa shape index (κ2) is 9.13. The highest BCUT2D eigenvalue weighted by Gasteiger charge is 2.55. The molecule has 0 radical (unpaired) electrons. The summed E-state index contributed by atoms with van der Waals surface area (Å²) in [6.45, 7) is 1.71. The summed E-state index contributed by atoms with van der Waals surface area (Å²) in [7, 11) is 0. The molecule has 10 heteroatoms. The number of hydroxylamine groups is 1. The van der Waals surface area contributed by atoms with E-state index in [4.69, 9.17) is 21.2 Å². The summed E-state index contributed by atoms with van der Waals surface area (Å²) < 4.78 is 18.9. The van der Waals surface area contributed by atoms with Gasteiger partial charge in [0.15, 0.2) is 6.61 Å². The van der Waals surface area contributed by atoms with Gasteiger partial charge in [-0.1, -0.05) is 18.5 Å². The number of halogens is 2. The van der Waals surface area contributed by atoms with Gasteiger partial charge >= 0.3 is 0 Å². The molecule has 8 nitrogen and oxygen atoms in total. The van der Waals surface area contributed by atoms with Crippen LogP contribution in [0.1, 0.15) is 51.9 Å². The van der Waals surface area contributed by atoms with E-state index in [1.54, 1.807) is 0 Å². The zero-order valence-electron chi connectivity index (χ0n) is 18.0. The van der Waals surface area contributed by atoms with Crippen LogP contribution in [0.5, 0.6) is 5.75 Å². The summed E-state index contributed by atoms with van der Waals surface area (Å²) in [5, 5.41) is 16.9. The van der Waals surface area contributed by atoms with Crippen molar-refractivity contribution in [2.45, 2.75) is 81.2 Å². The summed E-state index contributed by atoms with van der Waals surface area (Å²) in [6.07, 6.45) is 3.46. The third-order valence-electron chi connectivity index (χ3n) is 7.01. The lowest BCUT2D eigenvalue weighted by Crippen LogP contribution is -2.71. The smallest absolute Gasteiger partial charge is 0.258 e. The number of hydrogen-bond acceptors (Lipinski definition) is 6. The monoisotopic (exact) mass is 469 g/mol. The van der Waals surface area contributed by atoms with Crippen LogP contribution in [0.2, 0.25) is 5.02 Å². The maximum Gasteiger partial charge on any atom is 0.258 e. The van der Waals surface area contributed by atoms with Crippen LogP contribution in [0.15, 0.2) is 18.2 Å². The first-order valence-corrected chi connectivity index (χ1v) is 11.4. The number of fused-ring (bicyclic) bond motifs is 3. The zero-order chi connectivity index (χ0) is 22.9. The normalized spacial score (nSPS) is 33.7. The third-order valence-corrected chi connectivity index (χ3v) is 7.31. The number of aliphatic hydroxyl groups is 1. The lowest BCUT2D eigenvalue weighted by Gasteiger charge is -2.56. The fourth-order valence-corrected chi connectivity index (χ4v) is 5.11. The van der Waals surface area contributed by atoms with Crippen LogP contribution in [0.25, 0.3) is 0 Å². The molecule has 3 atom stereocenters. The first-order chi connectivity index (χ1) is 15.2. The number of rotatable bonds is 7. The number of carbonyl (C=O) groups is 2. The molecule has 5 rings (SSSR count). The number of amides is 2. The highest BCUT2D eigenvalue weighted by Crippen LogP contribution is 2.47. The maximum atomic E-state index is 13.5. The Balaban J connectivity index is 1.30. The lowest BCUT2D eigenvalue weighted by atomic mass is 9.59. The van der Waals surface area contributed by atoms with Crippen molar-refractivity contribution in [2.75, 3.05) is 6.61 Å². The Morgan fingerprint density at radius 2 is 2.06 bits per heavy atom. The fraction of sp³-hybridized carbons (Fsp3) is 0.636. The van der Waals surface area contributed by atoms with Gasteiger partial charge in [0.2, 0.25) is 5.91 Å². The lowest BCUT2D eigenvalue weighted by molar-refractivity contribution is -0.137. The summed E-state index contributed by atoms with van der Waals surface area (Å²) in [5.74, 6) is -0.934. The summed E-state index contributed by atoms with van der Waals surface area (Å²) in [6, 6.07) is 3.57. The van der Waals surface area contributed by atoms with E-state index in [0.717, 1.165) is 12.5 Å². The SMILES string of the molecule is CCC1CC(C(=O)NC23CCC(NC(=O)COc4ccc(Cl)c(F)c4)(CC2)[C@@H](O)C3)NO1. The van der Waals surface area contributed by atoms with Crippen molar-refractivity contribution in [2.24, 2.45) is 0 Å². The van der Waals surface area contributed by atoms with Crippen molar-refractivity contribution in [3.63, 3.8) is 0 Å².